The number of rotatable bonds is 4. The topological polar surface area (TPSA) is 42.0 Å². The van der Waals surface area contributed by atoms with Crippen molar-refractivity contribution < 1.29 is 4.79 Å². The number of aryl methyl sites for hydroxylation is 1. The zero-order chi connectivity index (χ0) is 12.0. The summed E-state index contributed by atoms with van der Waals surface area (Å²) < 4.78 is 0. The second-order valence-corrected chi connectivity index (χ2v) is 3.91. The van der Waals surface area contributed by atoms with Crippen LogP contribution in [0.4, 0.5) is 0 Å². The van der Waals surface area contributed by atoms with Gasteiger partial charge in [-0.2, -0.15) is 0 Å². The molecule has 1 aromatic heterocycles. The second-order valence-electron chi connectivity index (χ2n) is 3.55. The minimum Gasteiger partial charge on any atom is -0.356 e. The summed E-state index contributed by atoms with van der Waals surface area (Å²) in [6, 6.07) is 1.98. The van der Waals surface area contributed by atoms with Crippen LogP contribution in [0.2, 0.25) is 5.15 Å². The minimum atomic E-state index is -0.00240. The number of nitrogens with one attached hydrogen (secondary N) is 1. The lowest BCUT2D eigenvalue weighted by Gasteiger charge is -1.99. The summed E-state index contributed by atoms with van der Waals surface area (Å²) in [5, 5.41) is 3.26. The van der Waals surface area contributed by atoms with E-state index < -0.39 is 0 Å². The quantitative estimate of drug-likeness (QED) is 0.647. The lowest BCUT2D eigenvalue weighted by atomic mass is 10.2. The molecule has 0 aliphatic heterocycles. The molecule has 1 aromatic rings. The Morgan fingerprint density at radius 3 is 3.00 bits per heavy atom. The first-order valence-electron chi connectivity index (χ1n) is 5.12. The van der Waals surface area contributed by atoms with Gasteiger partial charge in [-0.1, -0.05) is 23.8 Å². The average molecular weight is 239 g/mol. The summed E-state index contributed by atoms with van der Waals surface area (Å²) in [7, 11) is 0. The average Bonchev–Trinajstić information content (AvgIpc) is 2.22. The van der Waals surface area contributed by atoms with Crippen LogP contribution in [-0.2, 0) is 4.79 Å². The van der Waals surface area contributed by atoms with E-state index in [0.29, 0.717) is 11.7 Å². The Morgan fingerprint density at radius 2 is 2.38 bits per heavy atom. The summed E-state index contributed by atoms with van der Waals surface area (Å²) in [6.07, 6.45) is 6.50. The molecule has 1 N–H and O–H groups in total. The smallest absolute Gasteiger partial charge is 0.216 e. The van der Waals surface area contributed by atoms with Crippen molar-refractivity contribution in [2.75, 3.05) is 6.54 Å². The van der Waals surface area contributed by atoms with E-state index in [9.17, 15) is 4.79 Å². The van der Waals surface area contributed by atoms with E-state index in [4.69, 9.17) is 11.6 Å². The molecule has 0 aromatic carbocycles. The molecule has 1 heterocycles. The van der Waals surface area contributed by atoms with Gasteiger partial charge < -0.3 is 5.32 Å². The van der Waals surface area contributed by atoms with Crippen molar-refractivity contribution in [2.45, 2.75) is 20.3 Å². The van der Waals surface area contributed by atoms with Gasteiger partial charge in [-0.3, -0.25) is 4.79 Å². The van der Waals surface area contributed by atoms with Crippen molar-refractivity contribution in [1.29, 1.82) is 0 Å². The molecule has 0 saturated carbocycles. The van der Waals surface area contributed by atoms with Crippen LogP contribution in [0.3, 0.4) is 0 Å². The maximum Gasteiger partial charge on any atom is 0.216 e. The second kappa shape index (κ2) is 6.28. The fraction of sp³-hybridized carbons (Fsp3) is 0.333. The molecule has 0 fully saturated rings. The van der Waals surface area contributed by atoms with Crippen molar-refractivity contribution in [3.8, 4) is 0 Å². The van der Waals surface area contributed by atoms with Gasteiger partial charge in [0.25, 0.3) is 0 Å². The summed E-state index contributed by atoms with van der Waals surface area (Å²) in [6.45, 7) is 4.09. The van der Waals surface area contributed by atoms with Gasteiger partial charge in [0, 0.05) is 19.7 Å². The summed E-state index contributed by atoms with van der Waals surface area (Å²) in [4.78, 5) is 14.6. The van der Waals surface area contributed by atoms with Gasteiger partial charge in [-0.25, -0.2) is 4.98 Å². The van der Waals surface area contributed by atoms with E-state index in [1.165, 1.54) is 6.92 Å². The highest BCUT2D eigenvalue weighted by molar-refractivity contribution is 6.30. The zero-order valence-electron chi connectivity index (χ0n) is 9.46. The van der Waals surface area contributed by atoms with Crippen molar-refractivity contribution >= 4 is 23.6 Å². The third kappa shape index (κ3) is 4.45. The van der Waals surface area contributed by atoms with Crippen LogP contribution in [0.1, 0.15) is 24.5 Å². The number of aromatic nitrogens is 1. The fourth-order valence-electron chi connectivity index (χ4n) is 1.22. The molecule has 0 atom stereocenters. The minimum absolute atomic E-state index is 0.00240. The van der Waals surface area contributed by atoms with Crippen molar-refractivity contribution in [3.63, 3.8) is 0 Å². The molecule has 4 heteroatoms. The Kier molecular flexibility index (Phi) is 4.99. The Balaban J connectivity index is 2.44. The van der Waals surface area contributed by atoms with Crippen molar-refractivity contribution in [1.82, 2.24) is 10.3 Å². The number of nitrogens with zero attached hydrogens (tertiary/aromatic N) is 1. The molecular formula is C12H15ClN2O. The van der Waals surface area contributed by atoms with Gasteiger partial charge in [-0.15, -0.1) is 0 Å². The van der Waals surface area contributed by atoms with E-state index in [1.807, 2.05) is 25.1 Å². The van der Waals surface area contributed by atoms with Gasteiger partial charge in [0.2, 0.25) is 5.91 Å². The predicted octanol–water partition coefficient (Wildman–Crippen LogP) is 2.58. The molecule has 0 saturated heterocycles. The number of carbonyl (C=O) groups is 1. The standard InChI is InChI=1S/C12H15ClN2O/c1-9-7-11(8-15-12(9)13)5-3-4-6-14-10(2)16/h3,5,7-8H,4,6H2,1-2H3,(H,14,16). The third-order valence-electron chi connectivity index (χ3n) is 2.03. The normalized spacial score (nSPS) is 10.7. The Morgan fingerprint density at radius 1 is 1.62 bits per heavy atom. The number of amides is 1. The predicted molar refractivity (Wildman–Crippen MR) is 66.3 cm³/mol. The highest BCUT2D eigenvalue weighted by Gasteiger charge is 1.95. The molecule has 0 unspecified atom stereocenters. The van der Waals surface area contributed by atoms with Crippen molar-refractivity contribution in [2.24, 2.45) is 0 Å². The van der Waals surface area contributed by atoms with Crippen LogP contribution in [0.25, 0.3) is 6.08 Å². The molecule has 0 aliphatic carbocycles. The number of halogens is 1. The molecule has 3 nitrogen and oxygen atoms in total. The molecule has 0 bridgehead atoms. The molecule has 0 aliphatic rings. The van der Waals surface area contributed by atoms with Gasteiger partial charge >= 0.3 is 0 Å². The zero-order valence-corrected chi connectivity index (χ0v) is 10.2. The monoisotopic (exact) mass is 238 g/mol. The number of carbonyl (C=O) groups excluding carboxylic acids is 1. The lowest BCUT2D eigenvalue weighted by molar-refractivity contribution is -0.118. The SMILES string of the molecule is CC(=O)NCCC=Cc1cnc(Cl)c(C)c1. The van der Waals surface area contributed by atoms with E-state index in [0.717, 1.165) is 17.5 Å². The van der Waals surface area contributed by atoms with Gasteiger partial charge in [0.05, 0.1) is 0 Å². The first kappa shape index (κ1) is 12.7. The molecule has 0 spiro atoms. The number of hydrogen-bond donors (Lipinski definition) is 1. The van der Waals surface area contributed by atoms with Crippen LogP contribution in [0, 0.1) is 6.92 Å². The van der Waals surface area contributed by atoms with Gasteiger partial charge in [0.1, 0.15) is 5.15 Å². The highest BCUT2D eigenvalue weighted by atomic mass is 35.5. The lowest BCUT2D eigenvalue weighted by Crippen LogP contribution is -2.20. The Labute approximate surface area is 101 Å². The maximum atomic E-state index is 10.6. The number of pyridine rings is 1. The van der Waals surface area contributed by atoms with Crippen LogP contribution in [-0.4, -0.2) is 17.4 Å². The van der Waals surface area contributed by atoms with E-state index in [1.54, 1.807) is 6.20 Å². The summed E-state index contributed by atoms with van der Waals surface area (Å²) >= 11 is 5.82. The van der Waals surface area contributed by atoms with E-state index in [2.05, 4.69) is 10.3 Å². The summed E-state index contributed by atoms with van der Waals surface area (Å²) in [5.41, 5.74) is 1.98. The maximum absolute atomic E-state index is 10.6. The van der Waals surface area contributed by atoms with Crippen LogP contribution >= 0.6 is 11.6 Å². The largest absolute Gasteiger partial charge is 0.356 e. The van der Waals surface area contributed by atoms with Crippen molar-refractivity contribution in [3.05, 3.63) is 34.6 Å². The number of hydrogen-bond acceptors (Lipinski definition) is 2. The van der Waals surface area contributed by atoms with Crippen LogP contribution in [0.15, 0.2) is 18.3 Å². The van der Waals surface area contributed by atoms with E-state index >= 15 is 0 Å². The molecular weight excluding hydrogens is 224 g/mol. The van der Waals surface area contributed by atoms with Crippen LogP contribution in [0.5, 0.6) is 0 Å². The molecule has 1 amide bonds. The highest BCUT2D eigenvalue weighted by Crippen LogP contribution is 2.13. The Bertz CT molecular complexity index is 402. The van der Waals surface area contributed by atoms with Gasteiger partial charge in [-0.05, 0) is 30.5 Å². The Hall–Kier alpha value is -1.35. The fourth-order valence-corrected chi connectivity index (χ4v) is 1.33. The molecule has 16 heavy (non-hydrogen) atoms. The molecule has 0 radical (unpaired) electrons. The summed E-state index contributed by atoms with van der Waals surface area (Å²) in [5.74, 6) is -0.00240. The molecule has 86 valence electrons. The van der Waals surface area contributed by atoms with E-state index in [-0.39, 0.29) is 5.91 Å². The molecule has 1 rings (SSSR count). The van der Waals surface area contributed by atoms with Gasteiger partial charge in [0.15, 0.2) is 0 Å². The first-order chi connectivity index (χ1) is 7.59. The third-order valence-corrected chi connectivity index (χ3v) is 2.43. The first-order valence-corrected chi connectivity index (χ1v) is 5.50. The van der Waals surface area contributed by atoms with Crippen LogP contribution < -0.4 is 5.32 Å².